The Balaban J connectivity index is 2.49. The van der Waals surface area contributed by atoms with Crippen LogP contribution in [0.15, 0.2) is 12.7 Å². The van der Waals surface area contributed by atoms with Gasteiger partial charge in [0.25, 0.3) is 0 Å². The highest BCUT2D eigenvalue weighted by Gasteiger charge is 2.31. The van der Waals surface area contributed by atoms with Crippen molar-refractivity contribution in [2.75, 3.05) is 5.75 Å². The Labute approximate surface area is 89.2 Å². The van der Waals surface area contributed by atoms with Crippen molar-refractivity contribution in [2.24, 2.45) is 5.92 Å². The Hall–Kier alpha value is -0.880. The molecule has 1 aliphatic carbocycles. The summed E-state index contributed by atoms with van der Waals surface area (Å²) in [5.41, 5.74) is 0. The second-order valence-corrected chi connectivity index (χ2v) is 5.53. The minimum atomic E-state index is -3.33. The van der Waals surface area contributed by atoms with Gasteiger partial charge in [-0.1, -0.05) is 6.08 Å². The molecule has 1 rings (SSSR count). The van der Waals surface area contributed by atoms with Crippen LogP contribution >= 0.6 is 0 Å². The van der Waals surface area contributed by atoms with Gasteiger partial charge in [-0.25, -0.2) is 13.1 Å². The third-order valence-electron chi connectivity index (χ3n) is 2.47. The Morgan fingerprint density at radius 2 is 2.20 bits per heavy atom. The van der Waals surface area contributed by atoms with Crippen LogP contribution in [0.1, 0.15) is 19.3 Å². The number of carboxylic acid groups (broad SMARTS) is 1. The summed E-state index contributed by atoms with van der Waals surface area (Å²) < 4.78 is 25.1. The average Bonchev–Trinajstić information content (AvgIpc) is 2.51. The molecule has 0 aromatic heterocycles. The maximum Gasteiger partial charge on any atom is 0.306 e. The van der Waals surface area contributed by atoms with Gasteiger partial charge in [-0.05, 0) is 19.3 Å². The van der Waals surface area contributed by atoms with Gasteiger partial charge >= 0.3 is 5.97 Å². The Morgan fingerprint density at radius 3 is 2.67 bits per heavy atom. The summed E-state index contributed by atoms with van der Waals surface area (Å²) in [6, 6.07) is -0.240. The zero-order valence-corrected chi connectivity index (χ0v) is 9.16. The molecule has 0 aliphatic heterocycles. The van der Waals surface area contributed by atoms with Crippen molar-refractivity contribution in [3.8, 4) is 0 Å². The fraction of sp³-hybridized carbons (Fsp3) is 0.667. The predicted molar refractivity (Wildman–Crippen MR) is 55.9 cm³/mol. The van der Waals surface area contributed by atoms with E-state index in [9.17, 15) is 13.2 Å². The number of hydrogen-bond donors (Lipinski definition) is 2. The number of carboxylic acids is 1. The van der Waals surface area contributed by atoms with Gasteiger partial charge in [0.05, 0.1) is 11.7 Å². The van der Waals surface area contributed by atoms with E-state index in [1.807, 2.05) is 0 Å². The van der Waals surface area contributed by atoms with E-state index in [0.29, 0.717) is 19.3 Å². The molecule has 0 saturated heterocycles. The molecule has 1 saturated carbocycles. The van der Waals surface area contributed by atoms with E-state index >= 15 is 0 Å². The first-order valence-corrected chi connectivity index (χ1v) is 6.43. The lowest BCUT2D eigenvalue weighted by Gasteiger charge is -2.11. The number of rotatable bonds is 5. The number of hydrogen-bond acceptors (Lipinski definition) is 3. The summed E-state index contributed by atoms with van der Waals surface area (Å²) in [5.74, 6) is -1.39. The molecular formula is C9H15NO4S. The van der Waals surface area contributed by atoms with Gasteiger partial charge in [-0.2, -0.15) is 0 Å². The summed E-state index contributed by atoms with van der Waals surface area (Å²) in [7, 11) is -3.33. The van der Waals surface area contributed by atoms with E-state index in [-0.39, 0.29) is 11.8 Å². The van der Waals surface area contributed by atoms with Gasteiger partial charge in [0.1, 0.15) is 0 Å². The second-order valence-electron chi connectivity index (χ2n) is 3.73. The van der Waals surface area contributed by atoms with Crippen LogP contribution in [0.2, 0.25) is 0 Å². The van der Waals surface area contributed by atoms with Crippen molar-refractivity contribution < 1.29 is 18.3 Å². The molecule has 0 radical (unpaired) electrons. The summed E-state index contributed by atoms with van der Waals surface area (Å²) in [6.45, 7) is 3.35. The monoisotopic (exact) mass is 233 g/mol. The average molecular weight is 233 g/mol. The molecule has 2 atom stereocenters. The quantitative estimate of drug-likeness (QED) is 0.671. The topological polar surface area (TPSA) is 83.5 Å². The summed E-state index contributed by atoms with van der Waals surface area (Å²) in [5, 5.41) is 8.74. The highest BCUT2D eigenvalue weighted by atomic mass is 32.2. The number of carbonyl (C=O) groups is 1. The summed E-state index contributed by atoms with van der Waals surface area (Å²) in [6.07, 6.45) is 2.82. The largest absolute Gasteiger partial charge is 0.481 e. The molecule has 0 bridgehead atoms. The Bertz CT molecular complexity index is 349. The van der Waals surface area contributed by atoms with Crippen LogP contribution in [-0.4, -0.2) is 31.3 Å². The molecule has 6 heteroatoms. The highest BCUT2D eigenvalue weighted by Crippen LogP contribution is 2.26. The predicted octanol–water partition coefficient (Wildman–Crippen LogP) is 0.345. The first kappa shape index (κ1) is 12.2. The van der Waals surface area contributed by atoms with Crippen LogP contribution in [0.5, 0.6) is 0 Å². The third kappa shape index (κ3) is 3.64. The van der Waals surface area contributed by atoms with Crippen LogP contribution in [-0.2, 0) is 14.8 Å². The highest BCUT2D eigenvalue weighted by molar-refractivity contribution is 7.89. The van der Waals surface area contributed by atoms with E-state index in [2.05, 4.69) is 11.3 Å². The second kappa shape index (κ2) is 4.76. The van der Waals surface area contributed by atoms with Gasteiger partial charge in [-0.15, -0.1) is 6.58 Å². The number of aliphatic carboxylic acids is 1. The minimum Gasteiger partial charge on any atom is -0.481 e. The van der Waals surface area contributed by atoms with Crippen molar-refractivity contribution >= 4 is 16.0 Å². The fourth-order valence-electron chi connectivity index (χ4n) is 1.77. The van der Waals surface area contributed by atoms with E-state index in [1.54, 1.807) is 0 Å². The van der Waals surface area contributed by atoms with Crippen LogP contribution in [0.3, 0.4) is 0 Å². The molecule has 0 amide bonds. The summed E-state index contributed by atoms with van der Waals surface area (Å²) in [4.78, 5) is 10.6. The van der Waals surface area contributed by atoms with E-state index < -0.39 is 21.9 Å². The minimum absolute atomic E-state index is 0.124. The number of nitrogens with one attached hydrogen (secondary N) is 1. The molecule has 2 N–H and O–H groups in total. The van der Waals surface area contributed by atoms with E-state index in [4.69, 9.17) is 5.11 Å². The van der Waals surface area contributed by atoms with Gasteiger partial charge in [0.2, 0.25) is 10.0 Å². The molecule has 1 fully saturated rings. The van der Waals surface area contributed by atoms with E-state index in [1.165, 1.54) is 6.08 Å². The molecule has 0 spiro atoms. The molecule has 1 aliphatic rings. The van der Waals surface area contributed by atoms with Crippen LogP contribution in [0, 0.1) is 5.92 Å². The third-order valence-corrected chi connectivity index (χ3v) is 3.83. The molecule has 0 aromatic carbocycles. The van der Waals surface area contributed by atoms with Crippen LogP contribution < -0.4 is 4.72 Å². The number of sulfonamides is 1. The molecule has 0 unspecified atom stereocenters. The van der Waals surface area contributed by atoms with Crippen molar-refractivity contribution in [1.29, 1.82) is 0 Å². The van der Waals surface area contributed by atoms with E-state index in [0.717, 1.165) is 0 Å². The van der Waals surface area contributed by atoms with Crippen molar-refractivity contribution in [3.05, 3.63) is 12.7 Å². The maximum absolute atomic E-state index is 11.3. The maximum atomic E-state index is 11.3. The standard InChI is InChI=1S/C9H15NO4S/c1-2-5-15(13,14)10-8-4-3-7(6-8)9(11)12/h2,7-8,10H,1,3-6H2,(H,11,12)/t7-,8+/m1/s1. The van der Waals surface area contributed by atoms with Crippen LogP contribution in [0.25, 0.3) is 0 Å². The smallest absolute Gasteiger partial charge is 0.306 e. The fourth-order valence-corrected chi connectivity index (χ4v) is 2.90. The van der Waals surface area contributed by atoms with Crippen molar-refractivity contribution in [2.45, 2.75) is 25.3 Å². The first-order chi connectivity index (χ1) is 6.94. The molecule has 15 heavy (non-hydrogen) atoms. The van der Waals surface area contributed by atoms with Gasteiger partial charge < -0.3 is 5.11 Å². The lowest BCUT2D eigenvalue weighted by molar-refractivity contribution is -0.141. The molecule has 5 nitrogen and oxygen atoms in total. The zero-order valence-electron chi connectivity index (χ0n) is 8.35. The normalized spacial score (nSPS) is 26.4. The van der Waals surface area contributed by atoms with Gasteiger partial charge in [-0.3, -0.25) is 4.79 Å². The van der Waals surface area contributed by atoms with Crippen LogP contribution in [0.4, 0.5) is 0 Å². The molecule has 0 aromatic rings. The molecular weight excluding hydrogens is 218 g/mol. The first-order valence-electron chi connectivity index (χ1n) is 4.78. The van der Waals surface area contributed by atoms with Gasteiger partial charge in [0, 0.05) is 6.04 Å². The van der Waals surface area contributed by atoms with Gasteiger partial charge in [0.15, 0.2) is 0 Å². The zero-order chi connectivity index (χ0) is 11.5. The summed E-state index contributed by atoms with van der Waals surface area (Å²) >= 11 is 0. The Morgan fingerprint density at radius 1 is 1.53 bits per heavy atom. The van der Waals surface area contributed by atoms with Crippen molar-refractivity contribution in [3.63, 3.8) is 0 Å². The molecule has 86 valence electrons. The SMILES string of the molecule is C=CCS(=O)(=O)N[C@H]1CC[C@@H](C(=O)O)C1. The lowest BCUT2D eigenvalue weighted by atomic mass is 10.1. The molecule has 0 heterocycles. The lowest BCUT2D eigenvalue weighted by Crippen LogP contribution is -2.34. The Kier molecular flexibility index (Phi) is 3.87. The van der Waals surface area contributed by atoms with Crippen molar-refractivity contribution in [1.82, 2.24) is 4.72 Å².